The average Bonchev–Trinajstić information content (AvgIpc) is 2.54. The maximum Gasteiger partial charge on any atom is 0.278 e. The van der Waals surface area contributed by atoms with Crippen LogP contribution in [0.15, 0.2) is 51.9 Å². The molecule has 23 heavy (non-hydrogen) atoms. The molecule has 1 rings (SSSR count). The first-order valence-corrected chi connectivity index (χ1v) is 7.34. The maximum atomic E-state index is 11.5. The largest absolute Gasteiger partial charge is 0.278 e. The lowest BCUT2D eigenvalue weighted by atomic mass is 10.1. The summed E-state index contributed by atoms with van der Waals surface area (Å²) in [6.45, 7) is 4.92. The number of benzene rings is 1. The normalized spacial score (nSPS) is 10.7. The molecule has 1 aromatic carbocycles. The molecule has 5 nitrogen and oxygen atoms in total. The van der Waals surface area contributed by atoms with Gasteiger partial charge in [0, 0.05) is 10.5 Å². The van der Waals surface area contributed by atoms with Crippen molar-refractivity contribution in [3.63, 3.8) is 0 Å². The molecule has 0 bridgehead atoms. The minimum Gasteiger partial charge on any atom is -0.277 e. The molecule has 118 valence electrons. The zero-order valence-corrected chi connectivity index (χ0v) is 13.9. The van der Waals surface area contributed by atoms with Gasteiger partial charge in [0.25, 0.3) is 11.5 Å². The highest BCUT2D eigenvalue weighted by atomic mass is 32.2. The van der Waals surface area contributed by atoms with Gasteiger partial charge < -0.3 is 0 Å². The van der Waals surface area contributed by atoms with Gasteiger partial charge >= 0.3 is 0 Å². The van der Waals surface area contributed by atoms with Gasteiger partial charge in [-0.1, -0.05) is 30.0 Å². The number of nitro groups is 1. The molecular weight excluding hydrogens is 312 g/mol. The van der Waals surface area contributed by atoms with E-state index in [0.717, 1.165) is 11.8 Å². The van der Waals surface area contributed by atoms with Gasteiger partial charge in [0.1, 0.15) is 6.07 Å². The quantitative estimate of drug-likeness (QED) is 0.154. The monoisotopic (exact) mass is 328 g/mol. The Morgan fingerprint density at radius 3 is 2.35 bits per heavy atom. The zero-order valence-electron chi connectivity index (χ0n) is 13.1. The zero-order chi connectivity index (χ0) is 17.8. The second-order valence-corrected chi connectivity index (χ2v) is 5.00. The third-order valence-electron chi connectivity index (χ3n) is 2.44. The summed E-state index contributed by atoms with van der Waals surface area (Å²) >= 11 is 1.10. The molecule has 0 unspecified atom stereocenters. The number of terminal acetylenes is 1. The lowest BCUT2D eigenvalue weighted by Crippen LogP contribution is -2.01. The highest BCUT2D eigenvalue weighted by Gasteiger charge is 2.19. The number of Topliss-reactive ketones (excluding diaryl/α,β-unsaturated/α-hetero) is 1. The number of nitriles is 1. The minimum atomic E-state index is -0.660. The van der Waals surface area contributed by atoms with Crippen molar-refractivity contribution in [2.45, 2.75) is 25.7 Å². The van der Waals surface area contributed by atoms with Gasteiger partial charge in [-0.15, -0.1) is 12.3 Å². The van der Waals surface area contributed by atoms with Crippen molar-refractivity contribution >= 4 is 17.5 Å². The van der Waals surface area contributed by atoms with E-state index in [1.165, 1.54) is 12.1 Å². The Hall–Kier alpha value is -2.83. The fourth-order valence-electron chi connectivity index (χ4n) is 1.52. The smallest absolute Gasteiger partial charge is 0.277 e. The highest BCUT2D eigenvalue weighted by molar-refractivity contribution is 8.03. The van der Waals surface area contributed by atoms with E-state index < -0.39 is 10.7 Å². The summed E-state index contributed by atoms with van der Waals surface area (Å²) < 4.78 is 0. The van der Waals surface area contributed by atoms with Crippen LogP contribution in [-0.4, -0.2) is 10.7 Å². The first-order valence-electron chi connectivity index (χ1n) is 6.52. The van der Waals surface area contributed by atoms with Gasteiger partial charge in [-0.25, -0.2) is 0 Å². The van der Waals surface area contributed by atoms with E-state index in [1.54, 1.807) is 51.1 Å². The summed E-state index contributed by atoms with van der Waals surface area (Å²) in [5, 5.41) is 19.7. The van der Waals surface area contributed by atoms with Crippen molar-refractivity contribution in [3.8, 4) is 18.4 Å². The van der Waals surface area contributed by atoms with Crippen LogP contribution in [0.25, 0.3) is 0 Å². The predicted molar refractivity (Wildman–Crippen MR) is 91.3 cm³/mol. The summed E-state index contributed by atoms with van der Waals surface area (Å²) in [7, 11) is 0. The van der Waals surface area contributed by atoms with Gasteiger partial charge in [-0.05, 0) is 39.0 Å². The number of allylic oxidation sites excluding steroid dienone is 2. The summed E-state index contributed by atoms with van der Waals surface area (Å²) in [6, 6.07) is 8.11. The molecule has 0 N–H and O–H groups in total. The first-order chi connectivity index (χ1) is 11.0. The van der Waals surface area contributed by atoms with E-state index in [1.807, 2.05) is 0 Å². The van der Waals surface area contributed by atoms with Crippen LogP contribution in [0.3, 0.4) is 0 Å². The number of rotatable bonds is 5. The van der Waals surface area contributed by atoms with Crippen molar-refractivity contribution in [3.05, 3.63) is 62.7 Å². The second-order valence-electron chi connectivity index (χ2n) is 3.91. The standard InChI is InChI=1S/C14H12N2O3S.C3H4/c1-3-11(16(18)19)13(4-2)20-14-8-6-5-7-10(14)12(17)9-15;1-3-2/h3-8H,1-2H3;1H,2H3/b11-3+,13-4+;. The Morgan fingerprint density at radius 1 is 1.35 bits per heavy atom. The molecule has 0 atom stereocenters. The molecule has 0 radical (unpaired) electrons. The molecule has 0 amide bonds. The van der Waals surface area contributed by atoms with E-state index in [0.29, 0.717) is 9.80 Å². The lowest BCUT2D eigenvalue weighted by Gasteiger charge is -2.07. The summed E-state index contributed by atoms with van der Waals surface area (Å²) in [5.41, 5.74) is 0.217. The number of carbonyl (C=O) groups is 1. The molecule has 0 heterocycles. The molecule has 0 fully saturated rings. The molecule has 1 aromatic rings. The number of nitrogens with zero attached hydrogens (tertiary/aromatic N) is 2. The molecule has 0 saturated heterocycles. The molecule has 0 aliphatic rings. The fourth-order valence-corrected chi connectivity index (χ4v) is 2.59. The SMILES string of the molecule is C#CC.C/C=C(Sc1ccccc1C(=O)C#N)\C(=C/C)[N+](=O)[O-]. The number of carbonyl (C=O) groups excluding carboxylic acids is 1. The fraction of sp³-hybridized carbons (Fsp3) is 0.176. The molecule has 6 heteroatoms. The summed E-state index contributed by atoms with van der Waals surface area (Å²) in [4.78, 5) is 23.0. The first kappa shape index (κ1) is 20.2. The van der Waals surface area contributed by atoms with E-state index >= 15 is 0 Å². The number of thioether (sulfide) groups is 1. The number of hydrogen-bond donors (Lipinski definition) is 0. The van der Waals surface area contributed by atoms with Gasteiger partial charge in [0.05, 0.1) is 9.83 Å². The van der Waals surface area contributed by atoms with Crippen LogP contribution in [0.2, 0.25) is 0 Å². The van der Waals surface area contributed by atoms with Crippen LogP contribution in [0.5, 0.6) is 0 Å². The molecule has 0 aliphatic carbocycles. The van der Waals surface area contributed by atoms with Gasteiger partial charge in [-0.2, -0.15) is 5.26 Å². The molecule has 0 spiro atoms. The average molecular weight is 328 g/mol. The number of hydrogen-bond acceptors (Lipinski definition) is 5. The Labute approximate surface area is 139 Å². The van der Waals surface area contributed by atoms with Gasteiger partial charge in [0.15, 0.2) is 0 Å². The van der Waals surface area contributed by atoms with E-state index in [4.69, 9.17) is 5.26 Å². The Kier molecular flexibility index (Phi) is 9.50. The topological polar surface area (TPSA) is 84.0 Å². The van der Waals surface area contributed by atoms with Crippen LogP contribution in [-0.2, 0) is 0 Å². The molecule has 0 saturated carbocycles. The summed E-state index contributed by atoms with van der Waals surface area (Å²) in [6.07, 6.45) is 7.60. The minimum absolute atomic E-state index is 0.0308. The molecule has 0 aromatic heterocycles. The third-order valence-corrected chi connectivity index (χ3v) is 3.68. The predicted octanol–water partition coefficient (Wildman–Crippen LogP) is 4.21. The summed E-state index contributed by atoms with van der Waals surface area (Å²) in [5.74, 6) is 1.59. The number of ketones is 1. The van der Waals surface area contributed by atoms with Crippen molar-refractivity contribution in [1.82, 2.24) is 0 Å². The van der Waals surface area contributed by atoms with Crippen molar-refractivity contribution in [2.24, 2.45) is 0 Å². The molecule has 0 aliphatic heterocycles. The van der Waals surface area contributed by atoms with Crippen LogP contribution >= 0.6 is 11.8 Å². The van der Waals surface area contributed by atoms with E-state index in [9.17, 15) is 14.9 Å². The van der Waals surface area contributed by atoms with Crippen molar-refractivity contribution in [1.29, 1.82) is 5.26 Å². The van der Waals surface area contributed by atoms with Crippen molar-refractivity contribution in [2.75, 3.05) is 0 Å². The Bertz CT molecular complexity index is 722. The third kappa shape index (κ3) is 6.21. The van der Waals surface area contributed by atoms with Gasteiger partial charge in [0.2, 0.25) is 0 Å². The van der Waals surface area contributed by atoms with Crippen LogP contribution in [0.1, 0.15) is 31.1 Å². The Balaban J connectivity index is 0.00000149. The van der Waals surface area contributed by atoms with Crippen LogP contribution in [0, 0.1) is 33.8 Å². The highest BCUT2D eigenvalue weighted by Crippen LogP contribution is 2.34. The van der Waals surface area contributed by atoms with Crippen LogP contribution < -0.4 is 0 Å². The van der Waals surface area contributed by atoms with E-state index in [2.05, 4.69) is 12.3 Å². The maximum absolute atomic E-state index is 11.5. The van der Waals surface area contributed by atoms with Crippen molar-refractivity contribution < 1.29 is 9.72 Å². The van der Waals surface area contributed by atoms with Crippen LogP contribution in [0.4, 0.5) is 0 Å². The lowest BCUT2D eigenvalue weighted by molar-refractivity contribution is -0.419. The van der Waals surface area contributed by atoms with E-state index in [-0.39, 0.29) is 11.3 Å². The second kappa shape index (κ2) is 10.8. The van der Waals surface area contributed by atoms with Gasteiger partial charge in [-0.3, -0.25) is 14.9 Å². The Morgan fingerprint density at radius 2 is 1.91 bits per heavy atom. The molecular formula is C17H16N2O3S.